The molecule has 1 N–H and O–H groups in total. The van der Waals surface area contributed by atoms with Gasteiger partial charge in [0.25, 0.3) is 0 Å². The molecule has 0 saturated carbocycles. The lowest BCUT2D eigenvalue weighted by Gasteiger charge is -2.27. The number of carbonyl (C=O) groups is 1. The molecule has 0 aromatic rings. The maximum Gasteiger partial charge on any atom is 0.222 e. The highest BCUT2D eigenvalue weighted by Gasteiger charge is 2.18. The van der Waals surface area contributed by atoms with Crippen LogP contribution in [0.25, 0.3) is 0 Å². The van der Waals surface area contributed by atoms with Crippen LogP contribution in [0.3, 0.4) is 0 Å². The average molecular weight is 268 g/mol. The van der Waals surface area contributed by atoms with E-state index >= 15 is 0 Å². The topological polar surface area (TPSA) is 32.3 Å². The van der Waals surface area contributed by atoms with Crippen molar-refractivity contribution >= 4 is 5.91 Å². The van der Waals surface area contributed by atoms with Crippen molar-refractivity contribution in [2.75, 3.05) is 19.6 Å². The number of nitrogens with zero attached hydrogens (tertiary/aromatic N) is 1. The van der Waals surface area contributed by atoms with Gasteiger partial charge in [-0.1, -0.05) is 33.1 Å². The first-order valence-corrected chi connectivity index (χ1v) is 8.22. The number of hydrogen-bond donors (Lipinski definition) is 1. The van der Waals surface area contributed by atoms with Gasteiger partial charge in [-0.05, 0) is 38.6 Å². The lowest BCUT2D eigenvalue weighted by molar-refractivity contribution is -0.131. The minimum Gasteiger partial charge on any atom is -0.343 e. The van der Waals surface area contributed by atoms with Crippen LogP contribution in [0, 0.1) is 5.92 Å². The Kier molecular flexibility index (Phi) is 8.11. The summed E-state index contributed by atoms with van der Waals surface area (Å²) < 4.78 is 0. The summed E-state index contributed by atoms with van der Waals surface area (Å²) in [6.07, 6.45) is 7.92. The third-order valence-corrected chi connectivity index (χ3v) is 4.49. The molecule has 1 aliphatic heterocycles. The Morgan fingerprint density at radius 2 is 2.00 bits per heavy atom. The van der Waals surface area contributed by atoms with Gasteiger partial charge in [-0.3, -0.25) is 4.79 Å². The normalized spacial score (nSPS) is 19.7. The van der Waals surface area contributed by atoms with Crippen LogP contribution in [-0.2, 0) is 4.79 Å². The molecule has 1 fully saturated rings. The van der Waals surface area contributed by atoms with E-state index in [2.05, 4.69) is 31.0 Å². The van der Waals surface area contributed by atoms with Gasteiger partial charge < -0.3 is 10.2 Å². The third kappa shape index (κ3) is 5.94. The number of piperidine rings is 1. The Morgan fingerprint density at radius 1 is 1.26 bits per heavy atom. The second-order valence-electron chi connectivity index (χ2n) is 5.80. The summed E-state index contributed by atoms with van der Waals surface area (Å²) in [5.74, 6) is 1.01. The van der Waals surface area contributed by atoms with Crippen LogP contribution >= 0.6 is 0 Å². The SMILES string of the molecule is CCC(CC)CN(CC)C(=O)CCC1CCCCN1. The van der Waals surface area contributed by atoms with Crippen molar-refractivity contribution in [3.8, 4) is 0 Å². The maximum atomic E-state index is 12.3. The molecule has 0 spiro atoms. The molecule has 0 aromatic carbocycles. The predicted octanol–water partition coefficient (Wildman–Crippen LogP) is 3.19. The highest BCUT2D eigenvalue weighted by atomic mass is 16.2. The summed E-state index contributed by atoms with van der Waals surface area (Å²) in [5, 5.41) is 3.52. The Morgan fingerprint density at radius 3 is 2.53 bits per heavy atom. The Hall–Kier alpha value is -0.570. The fourth-order valence-electron chi connectivity index (χ4n) is 2.89. The lowest BCUT2D eigenvalue weighted by atomic mass is 9.99. The number of nitrogens with one attached hydrogen (secondary N) is 1. The molecule has 1 heterocycles. The van der Waals surface area contributed by atoms with Gasteiger partial charge in [0.15, 0.2) is 0 Å². The van der Waals surface area contributed by atoms with E-state index in [1.54, 1.807) is 0 Å². The maximum absolute atomic E-state index is 12.3. The molecule has 1 atom stereocenters. The van der Waals surface area contributed by atoms with Crippen LogP contribution in [0.4, 0.5) is 0 Å². The van der Waals surface area contributed by atoms with Crippen LogP contribution in [0.2, 0.25) is 0 Å². The van der Waals surface area contributed by atoms with Gasteiger partial charge in [0.1, 0.15) is 0 Å². The van der Waals surface area contributed by atoms with Crippen molar-refractivity contribution in [1.82, 2.24) is 10.2 Å². The second-order valence-corrected chi connectivity index (χ2v) is 5.80. The van der Waals surface area contributed by atoms with Crippen molar-refractivity contribution in [1.29, 1.82) is 0 Å². The molecule has 0 radical (unpaired) electrons. The van der Waals surface area contributed by atoms with Crippen molar-refractivity contribution in [2.45, 2.75) is 71.8 Å². The third-order valence-electron chi connectivity index (χ3n) is 4.49. The summed E-state index contributed by atoms with van der Waals surface area (Å²) >= 11 is 0. The minimum absolute atomic E-state index is 0.349. The zero-order chi connectivity index (χ0) is 14.1. The van der Waals surface area contributed by atoms with E-state index in [9.17, 15) is 4.79 Å². The molecule has 1 amide bonds. The summed E-state index contributed by atoms with van der Waals surface area (Å²) in [5.41, 5.74) is 0. The molecule has 3 heteroatoms. The monoisotopic (exact) mass is 268 g/mol. The number of carbonyl (C=O) groups excluding carboxylic acids is 1. The van der Waals surface area contributed by atoms with Gasteiger partial charge in [0, 0.05) is 25.6 Å². The fraction of sp³-hybridized carbons (Fsp3) is 0.938. The Bertz CT molecular complexity index is 245. The van der Waals surface area contributed by atoms with Crippen LogP contribution in [-0.4, -0.2) is 36.5 Å². The first-order valence-electron chi connectivity index (χ1n) is 8.22. The van der Waals surface area contributed by atoms with Crippen LogP contribution in [0.15, 0.2) is 0 Å². The quantitative estimate of drug-likeness (QED) is 0.733. The number of hydrogen-bond acceptors (Lipinski definition) is 2. The first kappa shape index (κ1) is 16.5. The molecular formula is C16H32N2O. The summed E-state index contributed by atoms with van der Waals surface area (Å²) in [6.45, 7) is 9.47. The molecule has 0 aliphatic carbocycles. The van der Waals surface area contributed by atoms with Crippen molar-refractivity contribution in [2.24, 2.45) is 5.92 Å². The standard InChI is InChI=1S/C16H32N2O/c1-4-14(5-2)13-18(6-3)16(19)11-10-15-9-7-8-12-17-15/h14-15,17H,4-13H2,1-3H3. The van der Waals surface area contributed by atoms with Gasteiger partial charge in [0.05, 0.1) is 0 Å². The van der Waals surface area contributed by atoms with Gasteiger partial charge in [-0.2, -0.15) is 0 Å². The van der Waals surface area contributed by atoms with E-state index in [1.807, 2.05) is 0 Å². The molecular weight excluding hydrogens is 236 g/mol. The van der Waals surface area contributed by atoms with E-state index in [1.165, 1.54) is 32.1 Å². The zero-order valence-corrected chi connectivity index (χ0v) is 13.1. The molecule has 1 unspecified atom stereocenters. The summed E-state index contributed by atoms with van der Waals surface area (Å²) in [6, 6.07) is 0.574. The first-order chi connectivity index (χ1) is 9.21. The highest BCUT2D eigenvalue weighted by molar-refractivity contribution is 5.76. The van der Waals surface area contributed by atoms with E-state index in [0.29, 0.717) is 24.3 Å². The van der Waals surface area contributed by atoms with Crippen LogP contribution in [0.5, 0.6) is 0 Å². The van der Waals surface area contributed by atoms with Gasteiger partial charge in [-0.15, -0.1) is 0 Å². The summed E-state index contributed by atoms with van der Waals surface area (Å²) in [4.78, 5) is 14.3. The molecule has 0 aromatic heterocycles. The van der Waals surface area contributed by atoms with Crippen molar-refractivity contribution < 1.29 is 4.79 Å². The largest absolute Gasteiger partial charge is 0.343 e. The molecule has 1 saturated heterocycles. The molecule has 3 nitrogen and oxygen atoms in total. The van der Waals surface area contributed by atoms with Crippen molar-refractivity contribution in [3.63, 3.8) is 0 Å². The fourth-order valence-corrected chi connectivity index (χ4v) is 2.89. The molecule has 0 bridgehead atoms. The van der Waals surface area contributed by atoms with E-state index in [4.69, 9.17) is 0 Å². The van der Waals surface area contributed by atoms with E-state index in [-0.39, 0.29) is 0 Å². The van der Waals surface area contributed by atoms with Crippen molar-refractivity contribution in [3.05, 3.63) is 0 Å². The number of rotatable bonds is 8. The molecule has 112 valence electrons. The van der Waals surface area contributed by atoms with Crippen LogP contribution in [0.1, 0.15) is 65.7 Å². The van der Waals surface area contributed by atoms with E-state index < -0.39 is 0 Å². The minimum atomic E-state index is 0.349. The highest BCUT2D eigenvalue weighted by Crippen LogP contribution is 2.14. The molecule has 1 aliphatic rings. The van der Waals surface area contributed by atoms with Gasteiger partial charge in [-0.25, -0.2) is 0 Å². The van der Waals surface area contributed by atoms with Gasteiger partial charge >= 0.3 is 0 Å². The lowest BCUT2D eigenvalue weighted by Crippen LogP contribution is -2.38. The van der Waals surface area contributed by atoms with Gasteiger partial charge in [0.2, 0.25) is 5.91 Å². The average Bonchev–Trinajstić information content (AvgIpc) is 2.47. The zero-order valence-electron chi connectivity index (χ0n) is 13.1. The number of amides is 1. The Labute approximate surface area is 119 Å². The van der Waals surface area contributed by atoms with E-state index in [0.717, 1.165) is 26.1 Å². The van der Waals surface area contributed by atoms with Crippen LogP contribution < -0.4 is 5.32 Å². The Balaban J connectivity index is 2.31. The summed E-state index contributed by atoms with van der Waals surface area (Å²) in [7, 11) is 0. The second kappa shape index (κ2) is 9.35. The molecule has 1 rings (SSSR count). The predicted molar refractivity (Wildman–Crippen MR) is 81.2 cm³/mol. The smallest absolute Gasteiger partial charge is 0.222 e. The molecule has 19 heavy (non-hydrogen) atoms.